The van der Waals surface area contributed by atoms with E-state index in [4.69, 9.17) is 0 Å². The van der Waals surface area contributed by atoms with Crippen LogP contribution in [0.5, 0.6) is 0 Å². The summed E-state index contributed by atoms with van der Waals surface area (Å²) in [6.45, 7) is 3.68. The second-order valence-electron chi connectivity index (χ2n) is 4.13. The Kier molecular flexibility index (Phi) is 4.32. The van der Waals surface area contributed by atoms with Crippen LogP contribution in [0.1, 0.15) is 42.6 Å². The largest absolute Gasteiger partial charge is 0.416 e. The number of carbonyl (C=O) groups excluding carboxylic acids is 1. The molecule has 4 heteroatoms. The molecular weight excluding hydrogens is 229 g/mol. The van der Waals surface area contributed by atoms with E-state index >= 15 is 0 Å². The van der Waals surface area contributed by atoms with Gasteiger partial charge in [-0.05, 0) is 18.6 Å². The van der Waals surface area contributed by atoms with E-state index in [1.54, 1.807) is 6.92 Å². The van der Waals surface area contributed by atoms with Gasteiger partial charge in [0.1, 0.15) is 0 Å². The monoisotopic (exact) mass is 244 g/mol. The zero-order valence-electron chi connectivity index (χ0n) is 9.84. The van der Waals surface area contributed by atoms with Crippen LogP contribution in [0.2, 0.25) is 0 Å². The van der Waals surface area contributed by atoms with Gasteiger partial charge in [0.05, 0.1) is 5.56 Å². The summed E-state index contributed by atoms with van der Waals surface area (Å²) >= 11 is 0. The average Bonchev–Trinajstić information content (AvgIpc) is 2.27. The lowest BCUT2D eigenvalue weighted by Crippen LogP contribution is -2.13. The van der Waals surface area contributed by atoms with Crippen molar-refractivity contribution in [1.82, 2.24) is 0 Å². The second kappa shape index (κ2) is 5.34. The molecule has 0 aliphatic carbocycles. The van der Waals surface area contributed by atoms with Gasteiger partial charge in [0, 0.05) is 11.5 Å². The highest BCUT2D eigenvalue weighted by Crippen LogP contribution is 2.30. The molecule has 1 aromatic carbocycles. The number of hydrogen-bond acceptors (Lipinski definition) is 1. The smallest absolute Gasteiger partial charge is 0.294 e. The molecule has 0 saturated heterocycles. The fourth-order valence-electron chi connectivity index (χ4n) is 1.70. The van der Waals surface area contributed by atoms with Crippen molar-refractivity contribution < 1.29 is 18.0 Å². The lowest BCUT2D eigenvalue weighted by atomic mass is 9.94. The SMILES string of the molecule is CCCC(C)C(=O)c1cccc(C(F)(F)F)c1. The minimum Gasteiger partial charge on any atom is -0.294 e. The molecule has 0 spiro atoms. The predicted octanol–water partition coefficient (Wildman–Crippen LogP) is 4.32. The number of benzene rings is 1. The van der Waals surface area contributed by atoms with Crippen LogP contribution in [0.3, 0.4) is 0 Å². The number of carbonyl (C=O) groups is 1. The molecule has 1 aromatic rings. The Morgan fingerprint density at radius 2 is 2.00 bits per heavy atom. The van der Waals surface area contributed by atoms with Crippen molar-refractivity contribution in [2.24, 2.45) is 5.92 Å². The minimum atomic E-state index is -4.40. The summed E-state index contributed by atoms with van der Waals surface area (Å²) in [6.07, 6.45) is -2.87. The van der Waals surface area contributed by atoms with Crippen molar-refractivity contribution in [3.63, 3.8) is 0 Å². The molecule has 1 nitrogen and oxygen atoms in total. The molecule has 17 heavy (non-hydrogen) atoms. The molecule has 0 heterocycles. The van der Waals surface area contributed by atoms with Crippen molar-refractivity contribution in [3.05, 3.63) is 35.4 Å². The van der Waals surface area contributed by atoms with Crippen LogP contribution in [0, 0.1) is 5.92 Å². The highest BCUT2D eigenvalue weighted by atomic mass is 19.4. The molecule has 1 atom stereocenters. The van der Waals surface area contributed by atoms with Crippen molar-refractivity contribution in [2.75, 3.05) is 0 Å². The van der Waals surface area contributed by atoms with Crippen molar-refractivity contribution >= 4 is 5.78 Å². The average molecular weight is 244 g/mol. The molecule has 0 aliphatic heterocycles. The number of hydrogen-bond donors (Lipinski definition) is 0. The topological polar surface area (TPSA) is 17.1 Å². The Hall–Kier alpha value is -1.32. The maximum absolute atomic E-state index is 12.5. The van der Waals surface area contributed by atoms with E-state index in [-0.39, 0.29) is 17.3 Å². The summed E-state index contributed by atoms with van der Waals surface area (Å²) < 4.78 is 37.4. The summed E-state index contributed by atoms with van der Waals surface area (Å²) in [6, 6.07) is 4.61. The highest BCUT2D eigenvalue weighted by molar-refractivity contribution is 5.97. The Labute approximate surface area is 98.6 Å². The number of alkyl halides is 3. The summed E-state index contributed by atoms with van der Waals surface area (Å²) in [5.41, 5.74) is -0.632. The van der Waals surface area contributed by atoms with Gasteiger partial charge in [-0.15, -0.1) is 0 Å². The van der Waals surface area contributed by atoms with Gasteiger partial charge in [0.25, 0.3) is 0 Å². The Bertz CT molecular complexity index is 396. The van der Waals surface area contributed by atoms with Crippen molar-refractivity contribution in [3.8, 4) is 0 Å². The fourth-order valence-corrected chi connectivity index (χ4v) is 1.70. The highest BCUT2D eigenvalue weighted by Gasteiger charge is 2.31. The number of ketones is 1. The molecule has 0 amide bonds. The normalized spacial score (nSPS) is 13.5. The first kappa shape index (κ1) is 13.7. The molecule has 0 bridgehead atoms. The van der Waals surface area contributed by atoms with Gasteiger partial charge in [-0.1, -0.05) is 32.4 Å². The van der Waals surface area contributed by atoms with Crippen molar-refractivity contribution in [2.45, 2.75) is 32.9 Å². The first-order valence-electron chi connectivity index (χ1n) is 5.57. The summed E-state index contributed by atoms with van der Waals surface area (Å²) in [5, 5.41) is 0. The lowest BCUT2D eigenvalue weighted by molar-refractivity contribution is -0.137. The molecule has 0 fully saturated rings. The molecule has 0 saturated carbocycles. The maximum Gasteiger partial charge on any atom is 0.416 e. The van der Waals surface area contributed by atoms with Crippen LogP contribution in [0.25, 0.3) is 0 Å². The van der Waals surface area contributed by atoms with Crippen LogP contribution in [0.4, 0.5) is 13.2 Å². The molecule has 0 radical (unpaired) electrons. The van der Waals surface area contributed by atoms with Gasteiger partial charge >= 0.3 is 6.18 Å². The summed E-state index contributed by atoms with van der Waals surface area (Å²) in [5.74, 6) is -0.457. The van der Waals surface area contributed by atoms with E-state index in [0.29, 0.717) is 6.42 Å². The van der Waals surface area contributed by atoms with Crippen molar-refractivity contribution in [1.29, 1.82) is 0 Å². The van der Waals surface area contributed by atoms with E-state index in [1.165, 1.54) is 12.1 Å². The van der Waals surface area contributed by atoms with Crippen LogP contribution in [0.15, 0.2) is 24.3 Å². The fraction of sp³-hybridized carbons (Fsp3) is 0.462. The third-order valence-electron chi connectivity index (χ3n) is 2.64. The van der Waals surface area contributed by atoms with E-state index in [0.717, 1.165) is 18.6 Å². The zero-order chi connectivity index (χ0) is 13.1. The van der Waals surface area contributed by atoms with Gasteiger partial charge in [0.15, 0.2) is 5.78 Å². The predicted molar refractivity (Wildman–Crippen MR) is 59.8 cm³/mol. The maximum atomic E-state index is 12.5. The first-order valence-corrected chi connectivity index (χ1v) is 5.57. The molecule has 0 aliphatic rings. The van der Waals surface area contributed by atoms with Crippen LogP contribution >= 0.6 is 0 Å². The Morgan fingerprint density at radius 1 is 1.35 bits per heavy atom. The van der Waals surface area contributed by atoms with Gasteiger partial charge in [-0.25, -0.2) is 0 Å². The number of rotatable bonds is 4. The number of halogens is 3. The summed E-state index contributed by atoms with van der Waals surface area (Å²) in [4.78, 5) is 11.8. The van der Waals surface area contributed by atoms with Gasteiger partial charge in [0.2, 0.25) is 0 Å². The second-order valence-corrected chi connectivity index (χ2v) is 4.13. The van der Waals surface area contributed by atoms with E-state index in [2.05, 4.69) is 0 Å². The molecular formula is C13H15F3O. The van der Waals surface area contributed by atoms with Gasteiger partial charge in [-0.2, -0.15) is 13.2 Å². The van der Waals surface area contributed by atoms with E-state index in [1.807, 2.05) is 6.92 Å². The Morgan fingerprint density at radius 3 is 2.53 bits per heavy atom. The van der Waals surface area contributed by atoms with E-state index < -0.39 is 11.7 Å². The minimum absolute atomic E-state index is 0.140. The van der Waals surface area contributed by atoms with E-state index in [9.17, 15) is 18.0 Å². The van der Waals surface area contributed by atoms with Gasteiger partial charge < -0.3 is 0 Å². The standard InChI is InChI=1S/C13H15F3O/c1-3-5-9(2)12(17)10-6-4-7-11(8-10)13(14,15)16/h4,6-9H,3,5H2,1-2H3. The molecule has 1 rings (SSSR count). The Balaban J connectivity index is 2.96. The number of Topliss-reactive ketones (excluding diaryl/α,β-unsaturated/α-hetero) is 1. The summed E-state index contributed by atoms with van der Waals surface area (Å²) in [7, 11) is 0. The zero-order valence-corrected chi connectivity index (χ0v) is 9.84. The van der Waals surface area contributed by atoms with Crippen LogP contribution in [-0.4, -0.2) is 5.78 Å². The molecule has 94 valence electrons. The van der Waals surface area contributed by atoms with Crippen LogP contribution in [-0.2, 0) is 6.18 Å². The first-order chi connectivity index (χ1) is 7.86. The third-order valence-corrected chi connectivity index (χ3v) is 2.64. The lowest BCUT2D eigenvalue weighted by Gasteiger charge is -2.11. The molecule has 1 unspecified atom stereocenters. The molecule has 0 aromatic heterocycles. The third kappa shape index (κ3) is 3.58. The molecule has 0 N–H and O–H groups in total. The van der Waals surface area contributed by atoms with Gasteiger partial charge in [-0.3, -0.25) is 4.79 Å². The quantitative estimate of drug-likeness (QED) is 0.721. The van der Waals surface area contributed by atoms with Crippen LogP contribution < -0.4 is 0 Å².